The topological polar surface area (TPSA) is 151 Å². The van der Waals surface area contributed by atoms with Gasteiger partial charge in [0.1, 0.15) is 11.8 Å². The first-order valence-corrected chi connectivity index (χ1v) is 20.1. The van der Waals surface area contributed by atoms with Gasteiger partial charge in [-0.15, -0.1) is 10.2 Å². The molecule has 4 aliphatic heterocycles. The summed E-state index contributed by atoms with van der Waals surface area (Å²) in [5.74, 6) is -0.243. The molecule has 1 saturated carbocycles. The summed E-state index contributed by atoms with van der Waals surface area (Å²) in [6, 6.07) is 24.3. The molecule has 13 nitrogen and oxygen atoms in total. The van der Waals surface area contributed by atoms with Crippen LogP contribution in [0.15, 0.2) is 72.8 Å². The first-order chi connectivity index (χ1) is 27.3. The van der Waals surface area contributed by atoms with Crippen molar-refractivity contribution in [2.75, 3.05) is 67.9 Å². The number of aromatic nitrogens is 2. The van der Waals surface area contributed by atoms with E-state index in [1.165, 1.54) is 31.4 Å². The molecule has 290 valence electrons. The SMILES string of the molecule is Nc1nnc(-c2ccccc2O)cc1-c1ccc(N2CCN(C3CCC(N4CCN(c5ccc6c(c5)CN(C5CCC(=O)NC5=O)C6=O)CC4)CC3)CC2)cc1. The van der Waals surface area contributed by atoms with E-state index in [1.807, 2.05) is 30.3 Å². The van der Waals surface area contributed by atoms with Crippen LogP contribution in [-0.4, -0.2) is 118 Å². The molecule has 9 rings (SSSR count). The van der Waals surface area contributed by atoms with Crippen molar-refractivity contribution in [3.8, 4) is 28.1 Å². The number of nitrogens with two attached hydrogens (primary N) is 1. The van der Waals surface area contributed by atoms with Gasteiger partial charge in [0.15, 0.2) is 5.82 Å². The van der Waals surface area contributed by atoms with E-state index >= 15 is 0 Å². The van der Waals surface area contributed by atoms with Gasteiger partial charge in [-0.05, 0) is 91.8 Å². The molecule has 3 saturated heterocycles. The lowest BCUT2D eigenvalue weighted by Crippen LogP contribution is -2.54. The third-order valence-corrected chi connectivity index (χ3v) is 12.7. The molecule has 1 aliphatic carbocycles. The minimum atomic E-state index is -0.588. The number of rotatable bonds is 7. The van der Waals surface area contributed by atoms with Crippen LogP contribution in [0.4, 0.5) is 17.2 Å². The van der Waals surface area contributed by atoms with E-state index in [0.29, 0.717) is 47.7 Å². The van der Waals surface area contributed by atoms with Crippen LogP contribution >= 0.6 is 0 Å². The van der Waals surface area contributed by atoms with Crippen molar-refractivity contribution in [1.82, 2.24) is 30.2 Å². The first-order valence-electron chi connectivity index (χ1n) is 20.1. The van der Waals surface area contributed by atoms with E-state index in [1.54, 1.807) is 17.0 Å². The van der Waals surface area contributed by atoms with Gasteiger partial charge in [-0.1, -0.05) is 24.3 Å². The number of para-hydroxylation sites is 1. The highest BCUT2D eigenvalue weighted by molar-refractivity contribution is 6.05. The lowest BCUT2D eigenvalue weighted by molar-refractivity contribution is -0.136. The fourth-order valence-corrected chi connectivity index (χ4v) is 9.54. The molecule has 56 heavy (non-hydrogen) atoms. The van der Waals surface area contributed by atoms with Crippen molar-refractivity contribution in [2.24, 2.45) is 0 Å². The van der Waals surface area contributed by atoms with Crippen molar-refractivity contribution in [1.29, 1.82) is 0 Å². The molecule has 0 radical (unpaired) electrons. The van der Waals surface area contributed by atoms with E-state index in [4.69, 9.17) is 5.73 Å². The highest BCUT2D eigenvalue weighted by atomic mass is 16.3. The minimum absolute atomic E-state index is 0.123. The van der Waals surface area contributed by atoms with Crippen LogP contribution in [-0.2, 0) is 16.1 Å². The summed E-state index contributed by atoms with van der Waals surface area (Å²) in [5.41, 5.74) is 13.2. The number of anilines is 3. The van der Waals surface area contributed by atoms with Crippen molar-refractivity contribution >= 4 is 34.9 Å². The number of phenolic OH excluding ortho intramolecular Hbond substituents is 1. The van der Waals surface area contributed by atoms with Crippen molar-refractivity contribution in [3.05, 3.63) is 83.9 Å². The number of piperidine rings is 1. The van der Waals surface area contributed by atoms with E-state index in [9.17, 15) is 19.5 Å². The van der Waals surface area contributed by atoms with Crippen LogP contribution in [0.2, 0.25) is 0 Å². The Balaban J connectivity index is 0.734. The Labute approximate surface area is 327 Å². The molecular weight excluding hydrogens is 707 g/mol. The smallest absolute Gasteiger partial charge is 0.255 e. The number of nitrogens with one attached hydrogen (secondary N) is 1. The maximum atomic E-state index is 13.2. The van der Waals surface area contributed by atoms with Crippen LogP contribution < -0.4 is 20.9 Å². The van der Waals surface area contributed by atoms with Gasteiger partial charge < -0.3 is 25.5 Å². The fourth-order valence-electron chi connectivity index (χ4n) is 9.54. The number of hydrogen-bond donors (Lipinski definition) is 3. The summed E-state index contributed by atoms with van der Waals surface area (Å²) < 4.78 is 0. The van der Waals surface area contributed by atoms with E-state index < -0.39 is 6.04 Å². The van der Waals surface area contributed by atoms with Gasteiger partial charge in [0.05, 0.1) is 5.69 Å². The van der Waals surface area contributed by atoms with Gasteiger partial charge in [0, 0.05) is 105 Å². The van der Waals surface area contributed by atoms with Gasteiger partial charge in [0.2, 0.25) is 11.8 Å². The van der Waals surface area contributed by atoms with Gasteiger partial charge in [-0.3, -0.25) is 29.5 Å². The third-order valence-electron chi connectivity index (χ3n) is 12.7. The normalized spacial score (nSPS) is 23.7. The Kier molecular flexibility index (Phi) is 9.80. The molecule has 1 unspecified atom stereocenters. The summed E-state index contributed by atoms with van der Waals surface area (Å²) in [7, 11) is 0. The first kappa shape index (κ1) is 36.1. The Morgan fingerprint density at radius 1 is 0.661 bits per heavy atom. The summed E-state index contributed by atoms with van der Waals surface area (Å²) in [5, 5.41) is 21.1. The predicted molar refractivity (Wildman–Crippen MR) is 215 cm³/mol. The van der Waals surface area contributed by atoms with Gasteiger partial charge in [-0.2, -0.15) is 0 Å². The average molecular weight is 756 g/mol. The highest BCUT2D eigenvalue weighted by Gasteiger charge is 2.39. The molecule has 13 heteroatoms. The molecule has 3 amide bonds. The second-order valence-electron chi connectivity index (χ2n) is 15.8. The maximum Gasteiger partial charge on any atom is 0.255 e. The van der Waals surface area contributed by atoms with Crippen molar-refractivity contribution < 1.29 is 19.5 Å². The molecule has 1 aromatic heterocycles. The summed E-state index contributed by atoms with van der Waals surface area (Å²) in [6.45, 7) is 8.53. The summed E-state index contributed by atoms with van der Waals surface area (Å²) in [6.07, 6.45) is 5.60. The minimum Gasteiger partial charge on any atom is -0.507 e. The highest BCUT2D eigenvalue weighted by Crippen LogP contribution is 2.35. The molecule has 1 atom stereocenters. The number of carbonyl (C=O) groups excluding carboxylic acids is 3. The van der Waals surface area contributed by atoms with Crippen LogP contribution in [0.1, 0.15) is 54.4 Å². The number of amides is 3. The lowest BCUT2D eigenvalue weighted by Gasteiger charge is -2.46. The predicted octanol–water partition coefficient (Wildman–Crippen LogP) is 4.11. The number of benzene rings is 3. The number of aromatic hydroxyl groups is 1. The standard InChI is InChI=1S/C43H49N9O4/c44-41-36(26-37(46-47-41)35-3-1-2-4-39(35)53)28-5-7-30(8-6-28)48-17-19-49(20-18-48)31-9-11-32(12-10-31)50-21-23-51(24-22-50)33-13-14-34-29(25-33)27-52(43(34)56)38-15-16-40(54)45-42(38)55/h1-8,13-14,25-26,31-32,38,53H,9-12,15-24,27H2,(H2,44,47)(H,45,54,55). The maximum absolute atomic E-state index is 13.2. The molecule has 0 spiro atoms. The zero-order valence-corrected chi connectivity index (χ0v) is 31.6. The average Bonchev–Trinajstić information content (AvgIpc) is 3.56. The van der Waals surface area contributed by atoms with E-state index in [-0.39, 0.29) is 29.9 Å². The number of imide groups is 1. The number of nitrogens with zero attached hydrogens (tertiary/aromatic N) is 7. The number of phenols is 1. The molecular formula is C43H49N9O4. The monoisotopic (exact) mass is 755 g/mol. The molecule has 5 aliphatic rings. The summed E-state index contributed by atoms with van der Waals surface area (Å²) in [4.78, 5) is 49.2. The van der Waals surface area contributed by atoms with Gasteiger partial charge in [0.25, 0.3) is 5.91 Å². The number of piperazine rings is 2. The van der Waals surface area contributed by atoms with Crippen LogP contribution in [0.3, 0.4) is 0 Å². The second kappa shape index (κ2) is 15.2. The molecule has 4 fully saturated rings. The third kappa shape index (κ3) is 7.05. The number of hydrogen-bond acceptors (Lipinski definition) is 11. The largest absolute Gasteiger partial charge is 0.507 e. The van der Waals surface area contributed by atoms with Crippen molar-refractivity contribution in [3.63, 3.8) is 0 Å². The second-order valence-corrected chi connectivity index (χ2v) is 15.8. The van der Waals surface area contributed by atoms with Gasteiger partial charge in [-0.25, -0.2) is 0 Å². The fraction of sp³-hybridized carbons (Fsp3) is 0.419. The Bertz CT molecular complexity index is 2120. The van der Waals surface area contributed by atoms with E-state index in [2.05, 4.69) is 65.4 Å². The lowest BCUT2D eigenvalue weighted by atomic mass is 9.88. The molecule has 3 aromatic carbocycles. The van der Waals surface area contributed by atoms with Gasteiger partial charge >= 0.3 is 0 Å². The summed E-state index contributed by atoms with van der Waals surface area (Å²) >= 11 is 0. The number of fused-ring (bicyclic) bond motifs is 1. The molecule has 0 bridgehead atoms. The van der Waals surface area contributed by atoms with Crippen LogP contribution in [0, 0.1) is 0 Å². The number of nitrogen functional groups attached to an aromatic ring is 1. The van der Waals surface area contributed by atoms with Crippen LogP contribution in [0.5, 0.6) is 5.75 Å². The van der Waals surface area contributed by atoms with E-state index in [0.717, 1.165) is 74.7 Å². The zero-order chi connectivity index (χ0) is 38.3. The molecule has 4 N–H and O–H groups in total. The Morgan fingerprint density at radius 2 is 1.29 bits per heavy atom. The quantitative estimate of drug-likeness (QED) is 0.234. The zero-order valence-electron chi connectivity index (χ0n) is 31.6. The van der Waals surface area contributed by atoms with Crippen molar-refractivity contribution in [2.45, 2.75) is 63.2 Å². The molecule has 4 aromatic rings. The Morgan fingerprint density at radius 3 is 1.93 bits per heavy atom. The van der Waals surface area contributed by atoms with Crippen LogP contribution in [0.25, 0.3) is 22.4 Å². The Hall–Kier alpha value is -5.53. The molecule has 5 heterocycles. The number of carbonyl (C=O) groups is 3.